The second-order valence-electron chi connectivity index (χ2n) is 4.87. The molecule has 0 saturated carbocycles. The van der Waals surface area contributed by atoms with Gasteiger partial charge in [-0.05, 0) is 29.7 Å². The SMILES string of the molecule is CC(C)c1cc(S(=O)(=O)Cl)ccc1OCC(=O)N(C)C. The molecule has 1 aromatic carbocycles. The van der Waals surface area contributed by atoms with Gasteiger partial charge in [0.1, 0.15) is 5.75 Å². The number of hydrogen-bond acceptors (Lipinski definition) is 4. The molecule has 0 heterocycles. The number of benzene rings is 1. The molecule has 5 nitrogen and oxygen atoms in total. The van der Waals surface area contributed by atoms with Crippen molar-refractivity contribution in [1.82, 2.24) is 4.90 Å². The maximum absolute atomic E-state index is 11.5. The molecule has 112 valence electrons. The molecule has 1 aromatic rings. The lowest BCUT2D eigenvalue weighted by Crippen LogP contribution is -2.27. The summed E-state index contributed by atoms with van der Waals surface area (Å²) in [5, 5.41) is 0. The molecular formula is C13H18ClNO4S. The van der Waals surface area contributed by atoms with Gasteiger partial charge in [-0.2, -0.15) is 0 Å². The van der Waals surface area contributed by atoms with E-state index >= 15 is 0 Å². The Kier molecular flexibility index (Phi) is 5.42. The zero-order valence-corrected chi connectivity index (χ0v) is 13.5. The van der Waals surface area contributed by atoms with Crippen molar-refractivity contribution < 1.29 is 17.9 Å². The minimum Gasteiger partial charge on any atom is -0.483 e. The van der Waals surface area contributed by atoms with Gasteiger partial charge in [0.05, 0.1) is 4.90 Å². The molecule has 0 fully saturated rings. The molecule has 0 aromatic heterocycles. The van der Waals surface area contributed by atoms with Crippen LogP contribution in [0.4, 0.5) is 0 Å². The van der Waals surface area contributed by atoms with E-state index < -0.39 is 9.05 Å². The molecule has 0 aliphatic rings. The van der Waals surface area contributed by atoms with E-state index in [9.17, 15) is 13.2 Å². The van der Waals surface area contributed by atoms with Crippen LogP contribution in [0, 0.1) is 0 Å². The van der Waals surface area contributed by atoms with Crippen molar-refractivity contribution in [2.75, 3.05) is 20.7 Å². The Hall–Kier alpha value is -1.27. The van der Waals surface area contributed by atoms with Crippen molar-refractivity contribution in [3.63, 3.8) is 0 Å². The van der Waals surface area contributed by atoms with Crippen LogP contribution in [0.15, 0.2) is 23.1 Å². The molecule has 0 spiro atoms. The van der Waals surface area contributed by atoms with Crippen molar-refractivity contribution in [3.8, 4) is 5.75 Å². The summed E-state index contributed by atoms with van der Waals surface area (Å²) in [7, 11) is 4.82. The van der Waals surface area contributed by atoms with Crippen LogP contribution in [0.3, 0.4) is 0 Å². The molecule has 0 saturated heterocycles. The summed E-state index contributed by atoms with van der Waals surface area (Å²) in [6, 6.07) is 4.36. The second-order valence-corrected chi connectivity index (χ2v) is 7.43. The van der Waals surface area contributed by atoms with E-state index in [0.29, 0.717) is 11.3 Å². The monoisotopic (exact) mass is 319 g/mol. The van der Waals surface area contributed by atoms with E-state index in [0.717, 1.165) is 0 Å². The van der Waals surface area contributed by atoms with Crippen LogP contribution in [0.2, 0.25) is 0 Å². The normalized spacial score (nSPS) is 11.5. The number of ether oxygens (including phenoxy) is 1. The average molecular weight is 320 g/mol. The van der Waals surface area contributed by atoms with E-state index in [1.165, 1.54) is 23.1 Å². The highest BCUT2D eigenvalue weighted by molar-refractivity contribution is 8.13. The first-order chi connectivity index (χ1) is 9.12. The fourth-order valence-corrected chi connectivity index (χ4v) is 2.32. The number of amides is 1. The third kappa shape index (κ3) is 4.38. The summed E-state index contributed by atoms with van der Waals surface area (Å²) in [4.78, 5) is 13.0. The summed E-state index contributed by atoms with van der Waals surface area (Å²) in [6.07, 6.45) is 0. The molecule has 7 heteroatoms. The van der Waals surface area contributed by atoms with Crippen molar-refractivity contribution in [3.05, 3.63) is 23.8 Å². The molecule has 0 bridgehead atoms. The quantitative estimate of drug-likeness (QED) is 0.781. The van der Waals surface area contributed by atoms with Crippen LogP contribution in [-0.2, 0) is 13.8 Å². The van der Waals surface area contributed by atoms with Crippen LogP contribution < -0.4 is 4.74 Å². The Balaban J connectivity index is 3.06. The molecule has 0 radical (unpaired) electrons. The largest absolute Gasteiger partial charge is 0.483 e. The molecule has 0 atom stereocenters. The van der Waals surface area contributed by atoms with Crippen molar-refractivity contribution in [2.24, 2.45) is 0 Å². The molecule has 1 amide bonds. The lowest BCUT2D eigenvalue weighted by Gasteiger charge is -2.16. The van der Waals surface area contributed by atoms with E-state index in [-0.39, 0.29) is 23.3 Å². The number of nitrogens with zero attached hydrogens (tertiary/aromatic N) is 1. The van der Waals surface area contributed by atoms with E-state index in [2.05, 4.69) is 0 Å². The summed E-state index contributed by atoms with van der Waals surface area (Å²) >= 11 is 0. The van der Waals surface area contributed by atoms with Gasteiger partial charge in [-0.15, -0.1) is 0 Å². The maximum Gasteiger partial charge on any atom is 0.261 e. The fraction of sp³-hybridized carbons (Fsp3) is 0.462. The van der Waals surface area contributed by atoms with Gasteiger partial charge in [-0.3, -0.25) is 4.79 Å². The Bertz CT molecular complexity index is 596. The summed E-state index contributed by atoms with van der Waals surface area (Å²) in [5.74, 6) is 0.353. The number of rotatable bonds is 5. The molecule has 0 aliphatic heterocycles. The third-order valence-electron chi connectivity index (χ3n) is 2.73. The lowest BCUT2D eigenvalue weighted by molar-refractivity contribution is -0.130. The summed E-state index contributed by atoms with van der Waals surface area (Å²) < 4.78 is 28.1. The van der Waals surface area contributed by atoms with Crippen molar-refractivity contribution in [2.45, 2.75) is 24.7 Å². The fourth-order valence-electron chi connectivity index (χ4n) is 1.53. The Morgan fingerprint density at radius 2 is 1.95 bits per heavy atom. The minimum atomic E-state index is -3.78. The number of likely N-dealkylation sites (N-methyl/N-ethyl adjacent to an activating group) is 1. The highest BCUT2D eigenvalue weighted by Gasteiger charge is 2.16. The van der Waals surface area contributed by atoms with Crippen LogP contribution in [0.1, 0.15) is 25.3 Å². The van der Waals surface area contributed by atoms with Gasteiger partial charge < -0.3 is 9.64 Å². The highest BCUT2D eigenvalue weighted by Crippen LogP contribution is 2.30. The molecule has 0 unspecified atom stereocenters. The van der Waals surface area contributed by atoms with Gasteiger partial charge in [0.25, 0.3) is 15.0 Å². The number of halogens is 1. The summed E-state index contributed by atoms with van der Waals surface area (Å²) in [5.41, 5.74) is 0.693. The summed E-state index contributed by atoms with van der Waals surface area (Å²) in [6.45, 7) is 3.71. The van der Waals surface area contributed by atoms with E-state index in [1.807, 2.05) is 13.8 Å². The molecule has 20 heavy (non-hydrogen) atoms. The third-order valence-corrected chi connectivity index (χ3v) is 4.09. The van der Waals surface area contributed by atoms with Crippen molar-refractivity contribution in [1.29, 1.82) is 0 Å². The van der Waals surface area contributed by atoms with Crippen LogP contribution in [0.5, 0.6) is 5.75 Å². The first-order valence-electron chi connectivity index (χ1n) is 6.04. The van der Waals surface area contributed by atoms with Gasteiger partial charge in [0.15, 0.2) is 6.61 Å². The first-order valence-corrected chi connectivity index (χ1v) is 8.35. The molecule has 0 N–H and O–H groups in total. The zero-order valence-electron chi connectivity index (χ0n) is 11.9. The molecule has 1 rings (SSSR count). The second kappa shape index (κ2) is 6.45. The number of carbonyl (C=O) groups is 1. The minimum absolute atomic E-state index is 0.0224. The standard InChI is InChI=1S/C13H18ClNO4S/c1-9(2)11-7-10(20(14,17)18)5-6-12(11)19-8-13(16)15(3)4/h5-7,9H,8H2,1-4H3. The average Bonchev–Trinajstić information content (AvgIpc) is 2.34. The van der Waals surface area contributed by atoms with Crippen LogP contribution >= 0.6 is 10.7 Å². The Labute approximate surface area is 123 Å². The molecule has 0 aliphatic carbocycles. The van der Waals surface area contributed by atoms with Gasteiger partial charge in [-0.1, -0.05) is 13.8 Å². The predicted octanol–water partition coefficient (Wildman–Crippen LogP) is 2.20. The van der Waals surface area contributed by atoms with Gasteiger partial charge >= 0.3 is 0 Å². The van der Waals surface area contributed by atoms with Gasteiger partial charge in [0.2, 0.25) is 0 Å². The first kappa shape index (κ1) is 16.8. The van der Waals surface area contributed by atoms with Crippen molar-refractivity contribution >= 4 is 25.6 Å². The van der Waals surface area contributed by atoms with E-state index in [4.69, 9.17) is 15.4 Å². The van der Waals surface area contributed by atoms with Gasteiger partial charge in [-0.25, -0.2) is 8.42 Å². The van der Waals surface area contributed by atoms with Crippen LogP contribution in [0.25, 0.3) is 0 Å². The highest BCUT2D eigenvalue weighted by atomic mass is 35.7. The smallest absolute Gasteiger partial charge is 0.261 e. The number of hydrogen-bond donors (Lipinski definition) is 0. The van der Waals surface area contributed by atoms with E-state index in [1.54, 1.807) is 14.1 Å². The Morgan fingerprint density at radius 1 is 1.35 bits per heavy atom. The Morgan fingerprint density at radius 3 is 2.40 bits per heavy atom. The number of carbonyl (C=O) groups excluding carboxylic acids is 1. The predicted molar refractivity (Wildman–Crippen MR) is 77.8 cm³/mol. The maximum atomic E-state index is 11.5. The zero-order chi connectivity index (χ0) is 15.5. The topological polar surface area (TPSA) is 63.7 Å². The van der Waals surface area contributed by atoms with Gasteiger partial charge in [0, 0.05) is 24.8 Å². The van der Waals surface area contributed by atoms with Crippen LogP contribution in [-0.4, -0.2) is 39.9 Å². The lowest BCUT2D eigenvalue weighted by atomic mass is 10.0. The molecular weight excluding hydrogens is 302 g/mol.